The van der Waals surface area contributed by atoms with Crippen molar-refractivity contribution in [2.24, 2.45) is 5.73 Å². The number of ether oxygens (including phenoxy) is 2. The summed E-state index contributed by atoms with van der Waals surface area (Å²) in [5.74, 6) is 0.359. The Balaban J connectivity index is 1.47. The molecule has 3 heterocycles. The Morgan fingerprint density at radius 3 is 2.48 bits per heavy atom. The third-order valence-electron chi connectivity index (χ3n) is 5.14. The number of aromatic nitrogens is 2. The quantitative estimate of drug-likeness (QED) is 0.721. The van der Waals surface area contributed by atoms with Crippen molar-refractivity contribution in [2.75, 3.05) is 31.1 Å². The molecular weight excluding hydrogens is 388 g/mol. The number of piperidine rings is 1. The number of hydrogen-bond donors (Lipinski definition) is 1. The van der Waals surface area contributed by atoms with E-state index in [-0.39, 0.29) is 24.1 Å². The summed E-state index contributed by atoms with van der Waals surface area (Å²) in [4.78, 5) is 35.2. The molecule has 2 N–H and O–H groups in total. The van der Waals surface area contributed by atoms with E-state index < -0.39 is 24.7 Å². The molecule has 3 rings (SSSR count). The summed E-state index contributed by atoms with van der Waals surface area (Å²) in [6.07, 6.45) is -0.176. The van der Waals surface area contributed by atoms with Crippen LogP contribution in [0.3, 0.4) is 0 Å². The first-order valence-corrected chi connectivity index (χ1v) is 9.58. The molecule has 1 aromatic rings. The van der Waals surface area contributed by atoms with Gasteiger partial charge in [0.15, 0.2) is 0 Å². The van der Waals surface area contributed by atoms with Crippen molar-refractivity contribution in [1.29, 1.82) is 0 Å². The number of nitrogens with zero attached hydrogens (tertiary/aromatic N) is 4. The Labute approximate surface area is 167 Å². The van der Waals surface area contributed by atoms with E-state index in [0.717, 1.165) is 25.2 Å². The summed E-state index contributed by atoms with van der Waals surface area (Å²) < 4.78 is 35.6. The summed E-state index contributed by atoms with van der Waals surface area (Å²) in [6.45, 7) is 3.64. The molecule has 11 heteroatoms. The average molecular weight is 413 g/mol. The van der Waals surface area contributed by atoms with Crippen molar-refractivity contribution in [1.82, 2.24) is 14.9 Å². The molecule has 2 aliphatic heterocycles. The number of rotatable bonds is 7. The zero-order valence-corrected chi connectivity index (χ0v) is 16.2. The van der Waals surface area contributed by atoms with E-state index in [1.165, 1.54) is 0 Å². The molecule has 29 heavy (non-hydrogen) atoms. The van der Waals surface area contributed by atoms with Gasteiger partial charge in [0.1, 0.15) is 12.2 Å². The van der Waals surface area contributed by atoms with E-state index in [1.54, 1.807) is 6.92 Å². The van der Waals surface area contributed by atoms with Gasteiger partial charge in [0.25, 0.3) is 12.3 Å². The first-order valence-electron chi connectivity index (χ1n) is 9.58. The van der Waals surface area contributed by atoms with Crippen molar-refractivity contribution in [2.45, 2.75) is 50.9 Å². The minimum Gasteiger partial charge on any atom is -0.444 e. The van der Waals surface area contributed by atoms with Crippen LogP contribution in [0, 0.1) is 0 Å². The fourth-order valence-electron chi connectivity index (χ4n) is 3.66. The van der Waals surface area contributed by atoms with Crippen LogP contribution in [0.25, 0.3) is 0 Å². The lowest BCUT2D eigenvalue weighted by molar-refractivity contribution is -0.140. The highest BCUT2D eigenvalue weighted by Gasteiger charge is 2.38. The largest absolute Gasteiger partial charge is 0.444 e. The first-order chi connectivity index (χ1) is 13.8. The van der Waals surface area contributed by atoms with Gasteiger partial charge < -0.3 is 25.0 Å². The van der Waals surface area contributed by atoms with E-state index in [1.807, 2.05) is 9.80 Å². The molecular formula is C18H25F2N5O4. The van der Waals surface area contributed by atoms with Crippen LogP contribution in [0.2, 0.25) is 0 Å². The summed E-state index contributed by atoms with van der Waals surface area (Å²) in [6, 6.07) is 0.0898. The number of amides is 2. The topological polar surface area (TPSA) is 111 Å². The standard InChI is InChI=1S/C18H25F2N5O4/c1-11(29-17(21)27)10-28-14-4-7-25(16(14)26)13-2-5-24(6-3-13)18-22-8-12(9-23-18)15(19)20/h8-9,11,13-15H,2-7,10H2,1H3,(H2,21,27). The number of carbonyl (C=O) groups is 2. The van der Waals surface area contributed by atoms with E-state index in [0.29, 0.717) is 32.0 Å². The Morgan fingerprint density at radius 1 is 1.24 bits per heavy atom. The Kier molecular flexibility index (Phi) is 6.78. The normalized spacial score (nSPS) is 21.7. The van der Waals surface area contributed by atoms with E-state index >= 15 is 0 Å². The third kappa shape index (κ3) is 5.28. The van der Waals surface area contributed by atoms with Gasteiger partial charge in [0.2, 0.25) is 5.95 Å². The molecule has 0 spiro atoms. The lowest BCUT2D eigenvalue weighted by Crippen LogP contribution is -2.47. The Hall–Kier alpha value is -2.56. The number of primary amides is 1. The number of alkyl halides is 2. The van der Waals surface area contributed by atoms with Gasteiger partial charge in [0.05, 0.1) is 12.2 Å². The maximum absolute atomic E-state index is 12.7. The van der Waals surface area contributed by atoms with Crippen LogP contribution in [0.5, 0.6) is 0 Å². The van der Waals surface area contributed by atoms with Crippen LogP contribution in [-0.4, -0.2) is 71.4 Å². The average Bonchev–Trinajstić information content (AvgIpc) is 3.06. The Bertz CT molecular complexity index is 713. The fourth-order valence-corrected chi connectivity index (χ4v) is 3.66. The third-order valence-corrected chi connectivity index (χ3v) is 5.14. The number of hydrogen-bond acceptors (Lipinski definition) is 7. The van der Waals surface area contributed by atoms with Gasteiger partial charge in [-0.15, -0.1) is 0 Å². The summed E-state index contributed by atoms with van der Waals surface area (Å²) in [7, 11) is 0. The van der Waals surface area contributed by atoms with E-state index in [4.69, 9.17) is 15.2 Å². The molecule has 0 aromatic carbocycles. The molecule has 0 saturated carbocycles. The molecule has 2 fully saturated rings. The van der Waals surface area contributed by atoms with Crippen molar-refractivity contribution in [3.8, 4) is 0 Å². The van der Waals surface area contributed by atoms with Gasteiger partial charge in [-0.2, -0.15) is 0 Å². The lowest BCUT2D eigenvalue weighted by Gasteiger charge is -2.36. The molecule has 2 amide bonds. The van der Waals surface area contributed by atoms with Crippen LogP contribution in [0.4, 0.5) is 19.5 Å². The molecule has 2 unspecified atom stereocenters. The molecule has 160 valence electrons. The summed E-state index contributed by atoms with van der Waals surface area (Å²) in [5, 5.41) is 0. The van der Waals surface area contributed by atoms with Crippen LogP contribution >= 0.6 is 0 Å². The number of anilines is 1. The fraction of sp³-hybridized carbons (Fsp3) is 0.667. The molecule has 2 atom stereocenters. The maximum Gasteiger partial charge on any atom is 0.404 e. The van der Waals surface area contributed by atoms with Crippen molar-refractivity contribution in [3.05, 3.63) is 18.0 Å². The van der Waals surface area contributed by atoms with Gasteiger partial charge in [-0.3, -0.25) is 4.79 Å². The van der Waals surface area contributed by atoms with Crippen LogP contribution < -0.4 is 10.6 Å². The number of carbonyl (C=O) groups excluding carboxylic acids is 2. The molecule has 0 bridgehead atoms. The second kappa shape index (κ2) is 9.29. The second-order valence-corrected chi connectivity index (χ2v) is 7.23. The van der Waals surface area contributed by atoms with Crippen molar-refractivity contribution < 1.29 is 27.8 Å². The molecule has 0 aliphatic carbocycles. The minimum atomic E-state index is -2.59. The summed E-state index contributed by atoms with van der Waals surface area (Å²) >= 11 is 0. The predicted molar refractivity (Wildman–Crippen MR) is 98.4 cm³/mol. The van der Waals surface area contributed by atoms with Gasteiger partial charge in [0, 0.05) is 44.5 Å². The van der Waals surface area contributed by atoms with Gasteiger partial charge >= 0.3 is 6.09 Å². The maximum atomic E-state index is 12.7. The number of likely N-dealkylation sites (tertiary alicyclic amines) is 1. The zero-order valence-electron chi connectivity index (χ0n) is 16.2. The van der Waals surface area contributed by atoms with Crippen molar-refractivity contribution >= 4 is 17.9 Å². The molecule has 2 saturated heterocycles. The number of nitrogens with two attached hydrogens (primary N) is 1. The monoisotopic (exact) mass is 413 g/mol. The van der Waals surface area contributed by atoms with Gasteiger partial charge in [-0.1, -0.05) is 0 Å². The van der Waals surface area contributed by atoms with Gasteiger partial charge in [-0.25, -0.2) is 23.5 Å². The van der Waals surface area contributed by atoms with E-state index in [9.17, 15) is 18.4 Å². The highest BCUT2D eigenvalue weighted by atomic mass is 19.3. The summed E-state index contributed by atoms with van der Waals surface area (Å²) in [5.41, 5.74) is 4.76. The smallest absolute Gasteiger partial charge is 0.404 e. The van der Waals surface area contributed by atoms with Crippen LogP contribution in [0.15, 0.2) is 12.4 Å². The number of halogens is 2. The van der Waals surface area contributed by atoms with Crippen LogP contribution in [-0.2, 0) is 14.3 Å². The SMILES string of the molecule is CC(COC1CCN(C2CCN(c3ncc(C(F)F)cn3)CC2)C1=O)OC(N)=O. The predicted octanol–water partition coefficient (Wildman–Crippen LogP) is 1.48. The highest BCUT2D eigenvalue weighted by molar-refractivity contribution is 5.83. The van der Waals surface area contributed by atoms with E-state index in [2.05, 4.69) is 9.97 Å². The Morgan fingerprint density at radius 2 is 1.90 bits per heavy atom. The van der Waals surface area contributed by atoms with Gasteiger partial charge in [-0.05, 0) is 19.8 Å². The minimum absolute atomic E-state index is 0.0627. The molecule has 0 radical (unpaired) electrons. The van der Waals surface area contributed by atoms with Crippen molar-refractivity contribution in [3.63, 3.8) is 0 Å². The second-order valence-electron chi connectivity index (χ2n) is 7.23. The zero-order chi connectivity index (χ0) is 21.0. The first kappa shape index (κ1) is 21.2. The van der Waals surface area contributed by atoms with Crippen LogP contribution in [0.1, 0.15) is 38.2 Å². The molecule has 1 aromatic heterocycles. The molecule has 9 nitrogen and oxygen atoms in total. The lowest BCUT2D eigenvalue weighted by atomic mass is 10.0. The molecule has 2 aliphatic rings. The highest BCUT2D eigenvalue weighted by Crippen LogP contribution is 2.26.